The van der Waals surface area contributed by atoms with Crippen molar-refractivity contribution in [2.45, 2.75) is 38.8 Å². The number of amides is 1. The highest BCUT2D eigenvalue weighted by atomic mass is 16.1. The Bertz CT molecular complexity index is 422. The molecule has 1 fully saturated rings. The highest BCUT2D eigenvalue weighted by molar-refractivity contribution is 5.92. The lowest BCUT2D eigenvalue weighted by Crippen LogP contribution is -2.40. The van der Waals surface area contributed by atoms with Crippen molar-refractivity contribution in [1.82, 2.24) is 5.32 Å². The fraction of sp³-hybridized carbons (Fsp3) is 0.500. The molecule has 3 nitrogen and oxygen atoms in total. The van der Waals surface area contributed by atoms with E-state index in [1.165, 1.54) is 12.8 Å². The van der Waals surface area contributed by atoms with Crippen molar-refractivity contribution in [1.29, 1.82) is 0 Å². The van der Waals surface area contributed by atoms with Crippen LogP contribution in [0.2, 0.25) is 0 Å². The number of nitrogens with one attached hydrogen (secondary N) is 1. The Labute approximate surface area is 102 Å². The molecule has 0 radical (unpaired) electrons. The highest BCUT2D eigenvalue weighted by Crippen LogP contribution is 2.39. The van der Waals surface area contributed by atoms with Crippen LogP contribution >= 0.6 is 0 Å². The van der Waals surface area contributed by atoms with Crippen LogP contribution in [-0.4, -0.2) is 11.4 Å². The summed E-state index contributed by atoms with van der Waals surface area (Å²) in [5.74, 6) is 0.426. The van der Waals surface area contributed by atoms with Crippen molar-refractivity contribution in [2.75, 3.05) is 0 Å². The molecule has 0 bridgehead atoms. The van der Waals surface area contributed by atoms with Crippen LogP contribution in [0.4, 0.5) is 0 Å². The lowest BCUT2D eigenvalue weighted by atomic mass is 9.98. The topological polar surface area (TPSA) is 55.1 Å². The maximum absolute atomic E-state index is 11.1. The summed E-state index contributed by atoms with van der Waals surface area (Å²) < 4.78 is 0. The zero-order chi connectivity index (χ0) is 12.5. The van der Waals surface area contributed by atoms with Crippen LogP contribution < -0.4 is 11.1 Å². The smallest absolute Gasteiger partial charge is 0.248 e. The molecular weight excluding hydrogens is 212 g/mol. The van der Waals surface area contributed by atoms with Crippen molar-refractivity contribution in [3.8, 4) is 0 Å². The van der Waals surface area contributed by atoms with E-state index in [0.717, 1.165) is 18.0 Å². The number of nitrogens with two attached hydrogens (primary N) is 1. The first-order chi connectivity index (χ1) is 7.99. The summed E-state index contributed by atoms with van der Waals surface area (Å²) in [6.07, 6.45) is 2.64. The maximum atomic E-state index is 11.1. The molecule has 0 atom stereocenters. The molecule has 0 aliphatic heterocycles. The molecule has 1 aliphatic rings. The van der Waals surface area contributed by atoms with Crippen LogP contribution in [0.15, 0.2) is 24.3 Å². The Morgan fingerprint density at radius 3 is 2.76 bits per heavy atom. The standard InChI is InChI=1S/C14H20N2O/c1-14(2,12-6-7-12)16-9-10-4-3-5-11(8-10)13(15)17/h3-5,8,12,16H,6-7,9H2,1-2H3,(H2,15,17). The number of hydrogen-bond acceptors (Lipinski definition) is 2. The molecule has 0 aromatic heterocycles. The Kier molecular flexibility index (Phi) is 3.20. The zero-order valence-corrected chi connectivity index (χ0v) is 10.5. The molecule has 17 heavy (non-hydrogen) atoms. The molecule has 3 heteroatoms. The fourth-order valence-electron chi connectivity index (χ4n) is 2.11. The molecule has 0 heterocycles. The molecule has 1 aliphatic carbocycles. The molecule has 1 aromatic rings. The predicted molar refractivity (Wildman–Crippen MR) is 68.6 cm³/mol. The van der Waals surface area contributed by atoms with E-state index in [2.05, 4.69) is 19.2 Å². The van der Waals surface area contributed by atoms with Crippen LogP contribution in [0, 0.1) is 5.92 Å². The quantitative estimate of drug-likeness (QED) is 0.816. The molecule has 92 valence electrons. The molecule has 0 saturated heterocycles. The van der Waals surface area contributed by atoms with Gasteiger partial charge in [0.2, 0.25) is 5.91 Å². The third kappa shape index (κ3) is 3.07. The first-order valence-corrected chi connectivity index (χ1v) is 6.13. The van der Waals surface area contributed by atoms with Crippen LogP contribution in [-0.2, 0) is 6.54 Å². The lowest BCUT2D eigenvalue weighted by molar-refractivity contribution is 0.1000. The number of rotatable bonds is 5. The van der Waals surface area contributed by atoms with Crippen LogP contribution in [0.5, 0.6) is 0 Å². The SMILES string of the molecule is CC(C)(NCc1cccc(C(N)=O)c1)C1CC1. The zero-order valence-electron chi connectivity index (χ0n) is 10.5. The van der Waals surface area contributed by atoms with Gasteiger partial charge in [0.25, 0.3) is 0 Å². The minimum Gasteiger partial charge on any atom is -0.366 e. The van der Waals surface area contributed by atoms with E-state index >= 15 is 0 Å². The van der Waals surface area contributed by atoms with Crippen LogP contribution in [0.1, 0.15) is 42.6 Å². The van der Waals surface area contributed by atoms with E-state index in [1.807, 2.05) is 18.2 Å². The van der Waals surface area contributed by atoms with Gasteiger partial charge in [0.15, 0.2) is 0 Å². The summed E-state index contributed by atoms with van der Waals surface area (Å²) in [6, 6.07) is 7.50. The Balaban J connectivity index is 1.98. The number of hydrogen-bond donors (Lipinski definition) is 2. The Morgan fingerprint density at radius 1 is 1.47 bits per heavy atom. The maximum Gasteiger partial charge on any atom is 0.248 e. The second-order valence-corrected chi connectivity index (χ2v) is 5.41. The normalized spacial score (nSPS) is 15.9. The Morgan fingerprint density at radius 2 is 2.18 bits per heavy atom. The fourth-order valence-corrected chi connectivity index (χ4v) is 2.11. The summed E-state index contributed by atoms with van der Waals surface area (Å²) in [7, 11) is 0. The van der Waals surface area contributed by atoms with Gasteiger partial charge in [-0.25, -0.2) is 0 Å². The van der Waals surface area contributed by atoms with Gasteiger partial charge in [0, 0.05) is 17.6 Å². The third-order valence-corrected chi connectivity index (χ3v) is 3.56. The minimum atomic E-state index is -0.367. The van der Waals surface area contributed by atoms with Gasteiger partial charge in [-0.05, 0) is 50.3 Å². The van der Waals surface area contributed by atoms with E-state index in [1.54, 1.807) is 6.07 Å². The van der Waals surface area contributed by atoms with Gasteiger partial charge in [0.05, 0.1) is 0 Å². The Hall–Kier alpha value is -1.35. The average molecular weight is 232 g/mol. The first kappa shape index (κ1) is 12.1. The molecule has 1 saturated carbocycles. The molecule has 2 rings (SSSR count). The van der Waals surface area contributed by atoms with Gasteiger partial charge in [-0.15, -0.1) is 0 Å². The predicted octanol–water partition coefficient (Wildman–Crippen LogP) is 2.06. The van der Waals surface area contributed by atoms with Crippen molar-refractivity contribution in [3.63, 3.8) is 0 Å². The first-order valence-electron chi connectivity index (χ1n) is 6.13. The number of primary amides is 1. The lowest BCUT2D eigenvalue weighted by Gasteiger charge is -2.26. The van der Waals surface area contributed by atoms with E-state index in [9.17, 15) is 4.79 Å². The molecule has 1 amide bonds. The second kappa shape index (κ2) is 4.49. The minimum absolute atomic E-state index is 0.183. The highest BCUT2D eigenvalue weighted by Gasteiger charge is 2.37. The van der Waals surface area contributed by atoms with Gasteiger partial charge in [-0.2, -0.15) is 0 Å². The molecular formula is C14H20N2O. The monoisotopic (exact) mass is 232 g/mol. The van der Waals surface area contributed by atoms with Gasteiger partial charge in [-0.1, -0.05) is 12.1 Å². The second-order valence-electron chi connectivity index (χ2n) is 5.41. The molecule has 1 aromatic carbocycles. The van der Waals surface area contributed by atoms with E-state index < -0.39 is 0 Å². The molecule has 0 unspecified atom stereocenters. The number of carbonyl (C=O) groups excluding carboxylic acids is 1. The third-order valence-electron chi connectivity index (χ3n) is 3.56. The number of carbonyl (C=O) groups is 1. The largest absolute Gasteiger partial charge is 0.366 e. The number of benzene rings is 1. The van der Waals surface area contributed by atoms with E-state index in [-0.39, 0.29) is 11.4 Å². The molecule has 3 N–H and O–H groups in total. The summed E-state index contributed by atoms with van der Waals surface area (Å²) in [6.45, 7) is 5.26. The van der Waals surface area contributed by atoms with Gasteiger partial charge < -0.3 is 11.1 Å². The van der Waals surface area contributed by atoms with Crippen molar-refractivity contribution >= 4 is 5.91 Å². The van der Waals surface area contributed by atoms with Crippen molar-refractivity contribution < 1.29 is 4.79 Å². The molecule has 0 spiro atoms. The summed E-state index contributed by atoms with van der Waals surface area (Å²) in [4.78, 5) is 11.1. The van der Waals surface area contributed by atoms with Crippen LogP contribution in [0.25, 0.3) is 0 Å². The van der Waals surface area contributed by atoms with Crippen molar-refractivity contribution in [3.05, 3.63) is 35.4 Å². The average Bonchev–Trinajstić information content (AvgIpc) is 3.11. The summed E-state index contributed by atoms with van der Waals surface area (Å²) in [5.41, 5.74) is 7.13. The van der Waals surface area contributed by atoms with E-state index in [4.69, 9.17) is 5.73 Å². The van der Waals surface area contributed by atoms with Crippen LogP contribution in [0.3, 0.4) is 0 Å². The van der Waals surface area contributed by atoms with Crippen molar-refractivity contribution in [2.24, 2.45) is 11.7 Å². The van der Waals surface area contributed by atoms with Gasteiger partial charge in [-0.3, -0.25) is 4.79 Å². The van der Waals surface area contributed by atoms with Gasteiger partial charge >= 0.3 is 0 Å². The summed E-state index contributed by atoms with van der Waals surface area (Å²) in [5, 5.41) is 3.55. The summed E-state index contributed by atoms with van der Waals surface area (Å²) >= 11 is 0. The van der Waals surface area contributed by atoms with E-state index in [0.29, 0.717) is 5.56 Å². The van der Waals surface area contributed by atoms with Gasteiger partial charge in [0.1, 0.15) is 0 Å².